The Kier molecular flexibility index (Phi) is 23.0. The smallest absolute Gasteiger partial charge is 0.336 e. The number of aliphatic hydroxyl groups excluding tert-OH is 1. The van der Waals surface area contributed by atoms with Gasteiger partial charge in [-0.2, -0.15) is 0 Å². The minimum atomic E-state index is -0.377. The van der Waals surface area contributed by atoms with Crippen LogP contribution in [0.1, 0.15) is 37.3 Å². The van der Waals surface area contributed by atoms with Gasteiger partial charge in [0.15, 0.2) is 21.6 Å². The number of aromatic amines is 1. The number of aryl methyl sites for hydroxylation is 2. The van der Waals surface area contributed by atoms with E-state index in [9.17, 15) is 23.5 Å². The number of hydrogen-bond acceptors (Lipinski definition) is 13. The fourth-order valence-electron chi connectivity index (χ4n) is 7.28. The standard InChI is InChI=1S/C20H17ClFN7OS.C11H13ClFN3O.C9H6N4OS.H12P10/c21-16-4-3-14-18(25-16)26-17(27(14)9-2-1-6-22)12-28-15-11-23-7-5-13(15)29(20(28)30)19-24-8-10-31-19;12-9-4-3-8-11(14-9)15-10(7-17)16(8)6-2-1-5-13;14-8-12-6-5-10-2-1-7(6)13(8)9-11-3-4-15-9;1-7(2)10(8(3)4)9(5)6/h3-5,7-8,10-11H,1-2,6,9,12H2;3-4,17H,1-2,5-7H2;1-5H,(H,12,14);1-6H2. The van der Waals surface area contributed by atoms with Crippen LogP contribution in [0.15, 0.2) is 93.9 Å². The van der Waals surface area contributed by atoms with E-state index in [1.54, 1.807) is 75.1 Å². The van der Waals surface area contributed by atoms with Crippen LogP contribution in [0.3, 0.4) is 0 Å². The highest BCUT2D eigenvalue weighted by atomic mass is 35.5. The molecule has 0 radical (unpaired) electrons. The lowest BCUT2D eigenvalue weighted by Crippen LogP contribution is -2.25. The van der Waals surface area contributed by atoms with E-state index in [4.69, 9.17) is 23.2 Å². The molecule has 73 heavy (non-hydrogen) atoms. The predicted octanol–water partition coefficient (Wildman–Crippen LogP) is 12.7. The van der Waals surface area contributed by atoms with E-state index in [-0.39, 0.29) is 65.8 Å². The molecule has 10 aromatic heterocycles. The van der Waals surface area contributed by atoms with Gasteiger partial charge in [-0.05, 0) is 90.0 Å². The molecule has 0 spiro atoms. The van der Waals surface area contributed by atoms with Crippen LogP contribution < -0.4 is 11.4 Å². The van der Waals surface area contributed by atoms with E-state index >= 15 is 0 Å². The van der Waals surface area contributed by atoms with E-state index in [1.165, 1.54) is 22.7 Å². The maximum atomic E-state index is 13.4. The number of alkyl halides is 2. The monoisotopic (exact) mass is 1250 g/mol. The number of aliphatic hydroxyl groups is 1. The summed E-state index contributed by atoms with van der Waals surface area (Å²) in [5.74, 6) is 1.18. The third-order valence-corrected chi connectivity index (χ3v) is 61.9. The molecule has 2 N–H and O–H groups in total. The number of nitrogens with zero attached hydrogens (tertiary/aromatic N) is 13. The molecule has 0 saturated heterocycles. The third-order valence-electron chi connectivity index (χ3n) is 10.3. The molecule has 0 saturated carbocycles. The van der Waals surface area contributed by atoms with Crippen LogP contribution in [0.5, 0.6) is 0 Å². The lowest BCUT2D eigenvalue weighted by molar-refractivity contribution is 0.265. The normalized spacial score (nSPS) is 11.5. The number of fused-ring (bicyclic) bond motifs is 4. The molecule has 10 aromatic rings. The molecular formula is C40H48Cl2F2N14O3P10S2. The van der Waals surface area contributed by atoms with Gasteiger partial charge in [0.2, 0.25) is 0 Å². The zero-order chi connectivity index (χ0) is 52.2. The topological polar surface area (TPSA) is 198 Å². The number of thiazole rings is 2. The summed E-state index contributed by atoms with van der Waals surface area (Å²) in [4.78, 5) is 61.6. The van der Waals surface area contributed by atoms with Gasteiger partial charge in [-0.3, -0.25) is 23.3 Å². The number of nitrogens with one attached hydrogen (secondary N) is 1. The first-order chi connectivity index (χ1) is 35.3. The summed E-state index contributed by atoms with van der Waals surface area (Å²) in [5, 5.41) is 14.9. The number of halogens is 4. The molecule has 0 aromatic carbocycles. The zero-order valence-corrected chi connectivity index (χ0v) is 52.0. The summed E-state index contributed by atoms with van der Waals surface area (Å²) < 4.78 is 33.3. The Hall–Kier alpha value is -1.96. The highest BCUT2D eigenvalue weighted by Crippen LogP contribution is 3.10. The van der Waals surface area contributed by atoms with Crippen LogP contribution in [0.2, 0.25) is 10.3 Å². The fraction of sp³-hybridized carbons (Fsp3) is 0.250. The van der Waals surface area contributed by atoms with E-state index in [2.05, 4.69) is 98.4 Å². The number of pyridine rings is 4. The second kappa shape index (κ2) is 28.6. The summed E-state index contributed by atoms with van der Waals surface area (Å²) in [6.45, 7) is 1.16. The highest BCUT2D eigenvalue weighted by Gasteiger charge is 2.22. The van der Waals surface area contributed by atoms with Crippen molar-refractivity contribution in [3.05, 3.63) is 127 Å². The lowest BCUT2D eigenvalue weighted by atomic mass is 10.3. The molecule has 386 valence electrons. The summed E-state index contributed by atoms with van der Waals surface area (Å²) in [7, 11) is 17.7. The van der Waals surface area contributed by atoms with Crippen molar-refractivity contribution in [3.63, 3.8) is 0 Å². The summed E-state index contributed by atoms with van der Waals surface area (Å²) in [6.07, 6.45) is 12.2. The number of imidazole rings is 4. The molecule has 0 aliphatic rings. The van der Waals surface area contributed by atoms with Crippen LogP contribution in [0.4, 0.5) is 8.78 Å². The summed E-state index contributed by atoms with van der Waals surface area (Å²) in [5.41, 5.74) is 5.12. The van der Waals surface area contributed by atoms with Crippen molar-refractivity contribution in [2.45, 2.75) is 51.9 Å². The minimum Gasteiger partial charge on any atom is -0.388 e. The van der Waals surface area contributed by atoms with E-state index < -0.39 is 0 Å². The van der Waals surface area contributed by atoms with Crippen molar-refractivity contribution in [3.8, 4) is 10.3 Å². The number of hydrogen-bond donors (Lipinski definition) is 2. The van der Waals surface area contributed by atoms with Gasteiger partial charge in [0.1, 0.15) is 28.6 Å². The second-order valence-electron chi connectivity index (χ2n) is 15.0. The Morgan fingerprint density at radius 1 is 0.603 bits per heavy atom. The Balaban J connectivity index is 0.000000157. The fourth-order valence-corrected chi connectivity index (χ4v) is 95.4. The molecule has 6 unspecified atom stereocenters. The van der Waals surface area contributed by atoms with Crippen molar-refractivity contribution in [2.24, 2.45) is 0 Å². The van der Waals surface area contributed by atoms with Crippen LogP contribution in [-0.4, -0.2) is 86.1 Å². The minimum absolute atomic E-state index is 0.130. The van der Waals surface area contributed by atoms with Gasteiger partial charge >= 0.3 is 11.4 Å². The van der Waals surface area contributed by atoms with Gasteiger partial charge in [0.05, 0.1) is 65.4 Å². The summed E-state index contributed by atoms with van der Waals surface area (Å²) in [6, 6.07) is 10.6. The van der Waals surface area contributed by atoms with Crippen molar-refractivity contribution in [1.82, 2.24) is 67.7 Å². The van der Waals surface area contributed by atoms with Crippen LogP contribution in [0.25, 0.3) is 54.7 Å². The Morgan fingerprint density at radius 2 is 1.12 bits per heavy atom. The van der Waals surface area contributed by atoms with Gasteiger partial charge in [-0.25, -0.2) is 48.6 Å². The highest BCUT2D eigenvalue weighted by molar-refractivity contribution is 9.16. The molecule has 10 rings (SSSR count). The number of aromatic nitrogens is 14. The average molecular weight is 1260 g/mol. The van der Waals surface area contributed by atoms with E-state index in [1.807, 2.05) is 32.0 Å². The van der Waals surface area contributed by atoms with Crippen molar-refractivity contribution < 1.29 is 13.9 Å². The molecular weight excluding hydrogens is 1210 g/mol. The van der Waals surface area contributed by atoms with Gasteiger partial charge in [-0.15, -0.1) is 76.2 Å². The second-order valence-corrected chi connectivity index (χ2v) is 54.2. The third kappa shape index (κ3) is 14.8. The maximum absolute atomic E-state index is 13.4. The average Bonchev–Trinajstić information content (AvgIpc) is 4.24. The van der Waals surface area contributed by atoms with E-state index in [0.717, 1.165) is 27.6 Å². The molecule has 0 aliphatic heterocycles. The quantitative estimate of drug-likeness (QED) is 0.0530. The zero-order valence-electron chi connectivity index (χ0n) is 38.3. The Bertz CT molecular complexity index is 3470. The van der Waals surface area contributed by atoms with E-state index in [0.29, 0.717) is 87.8 Å². The number of unbranched alkanes of at least 4 members (excludes halogenated alkanes) is 2. The van der Waals surface area contributed by atoms with Gasteiger partial charge < -0.3 is 19.2 Å². The Labute approximate surface area is 453 Å². The molecule has 0 amide bonds. The first-order valence-electron chi connectivity index (χ1n) is 21.6. The van der Waals surface area contributed by atoms with Crippen molar-refractivity contribution >= 4 is 172 Å². The summed E-state index contributed by atoms with van der Waals surface area (Å²) >= 11 is 14.6. The largest absolute Gasteiger partial charge is 0.388 e. The maximum Gasteiger partial charge on any atom is 0.336 e. The Morgan fingerprint density at radius 3 is 1.63 bits per heavy atom. The van der Waals surface area contributed by atoms with Crippen LogP contribution in [0, 0.1) is 0 Å². The molecule has 10 heterocycles. The van der Waals surface area contributed by atoms with Gasteiger partial charge in [0, 0.05) is 48.6 Å². The predicted molar refractivity (Wildman–Crippen MR) is 325 cm³/mol. The molecule has 17 nitrogen and oxygen atoms in total. The molecule has 0 fully saturated rings. The lowest BCUT2D eigenvalue weighted by Gasteiger charge is -2.27. The van der Waals surface area contributed by atoms with Gasteiger partial charge in [-0.1, -0.05) is 23.2 Å². The van der Waals surface area contributed by atoms with Crippen molar-refractivity contribution in [2.75, 3.05) is 13.3 Å². The number of rotatable bonds is 16. The SMILES string of the molecule is O=c1[nH]c2cnccc2n1-c1nccs1.O=c1n(Cc2nc3nc(Cl)ccc3n2CCCCF)c2cnccc2n1-c1nccs1.OCc1nc2nc(Cl)ccc2n1CCCCF.PP(P)P(P(P)P)P(P)P. The molecule has 0 aliphatic carbocycles. The first-order valence-corrected chi connectivity index (χ1v) is 41.3. The molecule has 33 heteroatoms. The number of H-pyrrole nitrogens is 1. The van der Waals surface area contributed by atoms with Crippen LogP contribution >= 0.6 is 127 Å². The molecule has 0 bridgehead atoms. The van der Waals surface area contributed by atoms with Gasteiger partial charge in [0.25, 0.3) is 0 Å². The molecule has 6 atom stereocenters. The first kappa shape index (κ1) is 58.7. The van der Waals surface area contributed by atoms with Crippen LogP contribution in [-0.2, 0) is 26.2 Å². The van der Waals surface area contributed by atoms with Crippen molar-refractivity contribution in [1.29, 1.82) is 0 Å².